The Hall–Kier alpha value is -2.66. The molecule has 0 aliphatic rings. The average Bonchev–Trinajstić information content (AvgIpc) is 3.21. The van der Waals surface area contributed by atoms with Gasteiger partial charge in [-0.05, 0) is 34.5 Å². The van der Waals surface area contributed by atoms with Gasteiger partial charge in [0.25, 0.3) is 0 Å². The van der Waals surface area contributed by atoms with E-state index in [4.69, 9.17) is 4.74 Å². The van der Waals surface area contributed by atoms with Gasteiger partial charge < -0.3 is 9.30 Å². The molecule has 23 heavy (non-hydrogen) atoms. The van der Waals surface area contributed by atoms with Gasteiger partial charge in [-0.2, -0.15) is 11.3 Å². The number of esters is 1. The molecule has 0 atom stereocenters. The summed E-state index contributed by atoms with van der Waals surface area (Å²) in [4.78, 5) is 16.3. The number of carbonyl (C=O) groups excluding carboxylic acids is 1. The number of methoxy groups -OCH3 is 1. The van der Waals surface area contributed by atoms with Crippen LogP contribution in [0.4, 0.5) is 0 Å². The van der Waals surface area contributed by atoms with E-state index >= 15 is 0 Å². The van der Waals surface area contributed by atoms with E-state index in [0.717, 1.165) is 28.5 Å². The zero-order valence-corrected chi connectivity index (χ0v) is 13.3. The van der Waals surface area contributed by atoms with Crippen LogP contribution in [0.3, 0.4) is 0 Å². The number of hydrogen-bond acceptors (Lipinski definition) is 4. The van der Waals surface area contributed by atoms with Crippen molar-refractivity contribution in [3.8, 4) is 0 Å². The fourth-order valence-electron chi connectivity index (χ4n) is 2.88. The molecule has 4 aromatic rings. The molecule has 3 aromatic heterocycles. The molecule has 0 bridgehead atoms. The van der Waals surface area contributed by atoms with Gasteiger partial charge in [0.05, 0.1) is 24.7 Å². The smallest absolute Gasteiger partial charge is 0.339 e. The number of aromatic nitrogens is 2. The second-order valence-electron chi connectivity index (χ2n) is 5.32. The summed E-state index contributed by atoms with van der Waals surface area (Å²) in [6.45, 7) is 0.762. The highest BCUT2D eigenvalue weighted by atomic mass is 32.1. The molecule has 0 saturated carbocycles. The summed E-state index contributed by atoms with van der Waals surface area (Å²) in [5, 5.41) is 6.28. The zero-order chi connectivity index (χ0) is 15.8. The van der Waals surface area contributed by atoms with Gasteiger partial charge in [-0.3, -0.25) is 0 Å². The van der Waals surface area contributed by atoms with Crippen molar-refractivity contribution >= 4 is 39.2 Å². The Bertz CT molecular complexity index is 1000. The lowest BCUT2D eigenvalue weighted by molar-refractivity contribution is 0.0600. The Morgan fingerprint density at radius 1 is 1.26 bits per heavy atom. The van der Waals surface area contributed by atoms with Gasteiger partial charge in [0, 0.05) is 17.0 Å². The highest BCUT2D eigenvalue weighted by Gasteiger charge is 2.15. The summed E-state index contributed by atoms with van der Waals surface area (Å²) in [5.74, 6) is -0.367. The van der Waals surface area contributed by atoms with Gasteiger partial charge in [0.1, 0.15) is 5.65 Å². The molecule has 5 heteroatoms. The van der Waals surface area contributed by atoms with Gasteiger partial charge >= 0.3 is 5.97 Å². The van der Waals surface area contributed by atoms with E-state index < -0.39 is 0 Å². The minimum Gasteiger partial charge on any atom is -0.465 e. The van der Waals surface area contributed by atoms with E-state index in [-0.39, 0.29) is 5.97 Å². The topological polar surface area (TPSA) is 44.1 Å². The van der Waals surface area contributed by atoms with Crippen LogP contribution in [0.1, 0.15) is 15.9 Å². The normalized spacial score (nSPS) is 11.2. The van der Waals surface area contributed by atoms with E-state index in [1.54, 1.807) is 17.5 Å². The van der Waals surface area contributed by atoms with Crippen LogP contribution in [0.5, 0.6) is 0 Å². The lowest BCUT2D eigenvalue weighted by Crippen LogP contribution is -2.03. The molecule has 4 nitrogen and oxygen atoms in total. The Morgan fingerprint density at radius 3 is 2.91 bits per heavy atom. The molecule has 0 aliphatic carbocycles. The molecule has 1 aromatic carbocycles. The number of benzene rings is 1. The number of carbonyl (C=O) groups is 1. The quantitative estimate of drug-likeness (QED) is 0.534. The molecular formula is C18H14N2O2S. The number of ether oxygens (including phenoxy) is 1. The fraction of sp³-hybridized carbons (Fsp3) is 0.111. The molecule has 0 aliphatic heterocycles. The largest absolute Gasteiger partial charge is 0.465 e. The van der Waals surface area contributed by atoms with E-state index in [2.05, 4.69) is 38.5 Å². The summed E-state index contributed by atoms with van der Waals surface area (Å²) < 4.78 is 6.99. The first kappa shape index (κ1) is 14.0. The number of hydrogen-bond donors (Lipinski definition) is 0. The molecule has 0 N–H and O–H groups in total. The number of rotatable bonds is 3. The van der Waals surface area contributed by atoms with Crippen LogP contribution in [0.25, 0.3) is 21.9 Å². The van der Waals surface area contributed by atoms with Crippen LogP contribution in [0.15, 0.2) is 53.4 Å². The zero-order valence-electron chi connectivity index (χ0n) is 12.5. The third kappa shape index (κ3) is 2.29. The van der Waals surface area contributed by atoms with Crippen molar-refractivity contribution in [1.29, 1.82) is 0 Å². The number of nitrogens with zero attached hydrogens (tertiary/aromatic N) is 2. The molecule has 0 amide bonds. The summed E-state index contributed by atoms with van der Waals surface area (Å²) in [6.07, 6.45) is 1.58. The Kier molecular flexibility index (Phi) is 3.35. The maximum atomic E-state index is 11.8. The van der Waals surface area contributed by atoms with Crippen molar-refractivity contribution in [3.63, 3.8) is 0 Å². The van der Waals surface area contributed by atoms with Gasteiger partial charge in [-0.15, -0.1) is 0 Å². The highest BCUT2D eigenvalue weighted by Crippen LogP contribution is 2.29. The molecule has 0 saturated heterocycles. The summed E-state index contributed by atoms with van der Waals surface area (Å²) in [6, 6.07) is 12.1. The minimum absolute atomic E-state index is 0.367. The lowest BCUT2D eigenvalue weighted by Gasteiger charge is -2.05. The minimum atomic E-state index is -0.367. The second kappa shape index (κ2) is 5.52. The van der Waals surface area contributed by atoms with Crippen LogP contribution in [0.2, 0.25) is 0 Å². The van der Waals surface area contributed by atoms with Crippen LogP contribution >= 0.6 is 11.3 Å². The molecular weight excluding hydrogens is 308 g/mol. The molecule has 3 heterocycles. The standard InChI is InChI=1S/C18H14N2O2S/c1-22-18(21)13-8-15-14-4-2-3-5-16(14)20(17(15)19-9-13)10-12-6-7-23-11-12/h2-9,11H,10H2,1H3. The molecule has 114 valence electrons. The van der Waals surface area contributed by atoms with Gasteiger partial charge in [-0.25, -0.2) is 9.78 Å². The van der Waals surface area contributed by atoms with E-state index in [9.17, 15) is 4.79 Å². The third-order valence-electron chi connectivity index (χ3n) is 3.95. The summed E-state index contributed by atoms with van der Waals surface area (Å²) >= 11 is 1.69. The Balaban J connectivity index is 1.98. The molecule has 0 radical (unpaired) electrons. The van der Waals surface area contributed by atoms with Crippen molar-refractivity contribution in [1.82, 2.24) is 9.55 Å². The van der Waals surface area contributed by atoms with Crippen LogP contribution < -0.4 is 0 Å². The van der Waals surface area contributed by atoms with Gasteiger partial charge in [0.2, 0.25) is 0 Å². The summed E-state index contributed by atoms with van der Waals surface area (Å²) in [7, 11) is 1.38. The number of thiophene rings is 1. The van der Waals surface area contributed by atoms with Crippen molar-refractivity contribution in [3.05, 3.63) is 64.5 Å². The van der Waals surface area contributed by atoms with E-state index in [1.807, 2.05) is 18.2 Å². The first-order valence-electron chi connectivity index (χ1n) is 7.24. The maximum absolute atomic E-state index is 11.8. The number of fused-ring (bicyclic) bond motifs is 3. The lowest BCUT2D eigenvalue weighted by atomic mass is 10.1. The number of para-hydroxylation sites is 1. The number of pyridine rings is 1. The SMILES string of the molecule is COC(=O)c1cnc2c(c1)c1ccccc1n2Cc1ccsc1. The van der Waals surface area contributed by atoms with Crippen molar-refractivity contribution in [2.24, 2.45) is 0 Å². The van der Waals surface area contributed by atoms with Crippen molar-refractivity contribution in [2.45, 2.75) is 6.54 Å². The molecule has 0 spiro atoms. The predicted molar refractivity (Wildman–Crippen MR) is 92.0 cm³/mol. The Labute approximate surface area is 137 Å². The first-order chi connectivity index (χ1) is 11.3. The van der Waals surface area contributed by atoms with E-state index in [0.29, 0.717) is 5.56 Å². The summed E-state index contributed by atoms with van der Waals surface area (Å²) in [5.41, 5.74) is 3.71. The molecule has 4 rings (SSSR count). The monoisotopic (exact) mass is 322 g/mol. The third-order valence-corrected chi connectivity index (χ3v) is 4.68. The van der Waals surface area contributed by atoms with Gasteiger partial charge in [0.15, 0.2) is 0 Å². The van der Waals surface area contributed by atoms with Crippen LogP contribution in [-0.4, -0.2) is 22.6 Å². The Morgan fingerprint density at radius 2 is 2.13 bits per heavy atom. The van der Waals surface area contributed by atoms with Crippen molar-refractivity contribution < 1.29 is 9.53 Å². The van der Waals surface area contributed by atoms with Crippen LogP contribution in [-0.2, 0) is 11.3 Å². The predicted octanol–water partition coefficient (Wildman–Crippen LogP) is 4.09. The highest BCUT2D eigenvalue weighted by molar-refractivity contribution is 7.07. The molecule has 0 fully saturated rings. The average molecular weight is 322 g/mol. The van der Waals surface area contributed by atoms with Crippen LogP contribution in [0, 0.1) is 0 Å². The maximum Gasteiger partial charge on any atom is 0.339 e. The molecule has 0 unspecified atom stereocenters. The fourth-order valence-corrected chi connectivity index (χ4v) is 3.54. The van der Waals surface area contributed by atoms with E-state index in [1.165, 1.54) is 12.7 Å². The second-order valence-corrected chi connectivity index (χ2v) is 6.10. The van der Waals surface area contributed by atoms with Gasteiger partial charge in [-0.1, -0.05) is 18.2 Å². The first-order valence-corrected chi connectivity index (χ1v) is 8.18. The van der Waals surface area contributed by atoms with Crippen molar-refractivity contribution in [2.75, 3.05) is 7.11 Å².